The molecule has 0 fully saturated rings. The first-order valence-electron chi connectivity index (χ1n) is 7.76. The van der Waals surface area contributed by atoms with E-state index in [1.54, 1.807) is 24.3 Å². The molecule has 1 heterocycles. The van der Waals surface area contributed by atoms with Crippen molar-refractivity contribution in [2.75, 3.05) is 13.7 Å². The van der Waals surface area contributed by atoms with Crippen molar-refractivity contribution in [3.63, 3.8) is 0 Å². The third-order valence-electron chi connectivity index (χ3n) is 2.66. The van der Waals surface area contributed by atoms with Gasteiger partial charge in [0.25, 0.3) is 6.08 Å². The number of nitrogens with zero attached hydrogens (tertiary/aromatic N) is 3. The summed E-state index contributed by atoms with van der Waals surface area (Å²) in [5.74, 6) is 0. The quantitative estimate of drug-likeness (QED) is 0.786. The van der Waals surface area contributed by atoms with Crippen LogP contribution in [-0.2, 0) is 6.54 Å². The molecule has 5 nitrogen and oxygen atoms in total. The first kappa shape index (κ1) is 24.9. The van der Waals surface area contributed by atoms with E-state index < -0.39 is 11.8 Å². The fraction of sp³-hybridized carbons (Fsp3) is 0.412. The van der Waals surface area contributed by atoms with Gasteiger partial charge in [-0.25, -0.2) is 14.0 Å². The van der Waals surface area contributed by atoms with Crippen molar-refractivity contribution in [1.82, 2.24) is 14.3 Å². The Labute approximate surface area is 146 Å². The van der Waals surface area contributed by atoms with Crippen molar-refractivity contribution < 1.29 is 13.2 Å². The standard InChI is InChI=1S/C14H18F2N4O.C2H6.CH3F/c1-3-5-7-12(6-4-2)19-10-18-20(14(19)21)9-11(8-17)13(15)16;2*1-2/h3-7,10H,8-9,17H2,1-2H3;1-2H3;1H3/b5-3-,6-4-,12-7+;;. The Bertz CT molecular complexity index is 651. The largest absolute Gasteiger partial charge is 0.350 e. The Kier molecular flexibility index (Phi) is 15.1. The molecular weight excluding hydrogens is 333 g/mol. The SMILES string of the molecule is CC.CF.C\C=C/C=C(\C=C/C)n1cnn(CC(CN)=C(F)F)c1=O. The van der Waals surface area contributed by atoms with Crippen LogP contribution in [0.3, 0.4) is 0 Å². The second kappa shape index (κ2) is 15.2. The number of allylic oxidation sites excluding steroid dienone is 6. The van der Waals surface area contributed by atoms with E-state index >= 15 is 0 Å². The summed E-state index contributed by atoms with van der Waals surface area (Å²) in [6, 6.07) is 0. The average Bonchev–Trinajstić information content (AvgIpc) is 3.00. The molecule has 0 bridgehead atoms. The summed E-state index contributed by atoms with van der Waals surface area (Å²) in [6.07, 6.45) is 8.22. The van der Waals surface area contributed by atoms with Crippen molar-refractivity contribution in [2.24, 2.45) is 5.73 Å². The van der Waals surface area contributed by atoms with Gasteiger partial charge in [-0.05, 0) is 26.0 Å². The van der Waals surface area contributed by atoms with Crippen LogP contribution in [0.2, 0.25) is 0 Å². The number of nitrogens with two attached hydrogens (primary N) is 1. The summed E-state index contributed by atoms with van der Waals surface area (Å²) in [6.45, 7) is 7.01. The molecule has 0 spiro atoms. The minimum absolute atomic E-state index is 0.313. The predicted molar refractivity (Wildman–Crippen MR) is 97.1 cm³/mol. The van der Waals surface area contributed by atoms with Crippen molar-refractivity contribution in [3.05, 3.63) is 58.8 Å². The second-order valence-electron chi connectivity index (χ2n) is 4.13. The van der Waals surface area contributed by atoms with Gasteiger partial charge in [0.1, 0.15) is 6.33 Å². The maximum Gasteiger partial charge on any atom is 0.350 e. The van der Waals surface area contributed by atoms with Crippen LogP contribution in [-0.4, -0.2) is 28.1 Å². The summed E-state index contributed by atoms with van der Waals surface area (Å²) in [4.78, 5) is 12.2. The van der Waals surface area contributed by atoms with E-state index in [0.717, 1.165) is 4.68 Å². The highest BCUT2D eigenvalue weighted by Gasteiger charge is 2.11. The Hall–Kier alpha value is -2.35. The lowest BCUT2D eigenvalue weighted by Gasteiger charge is -2.03. The molecule has 8 heteroatoms. The second-order valence-corrected chi connectivity index (χ2v) is 4.13. The molecule has 0 unspecified atom stereocenters. The molecule has 0 atom stereocenters. The smallest absolute Gasteiger partial charge is 0.327 e. The molecule has 2 N–H and O–H groups in total. The first-order valence-corrected chi connectivity index (χ1v) is 7.76. The van der Waals surface area contributed by atoms with Crippen LogP contribution < -0.4 is 11.4 Å². The molecule has 1 aromatic heterocycles. The zero-order valence-electron chi connectivity index (χ0n) is 15.3. The fourth-order valence-corrected chi connectivity index (χ4v) is 1.59. The summed E-state index contributed by atoms with van der Waals surface area (Å²) < 4.78 is 36.9. The maximum atomic E-state index is 12.6. The Balaban J connectivity index is 0. The van der Waals surface area contributed by atoms with Gasteiger partial charge in [-0.3, -0.25) is 4.39 Å². The molecule has 0 aromatic carbocycles. The van der Waals surface area contributed by atoms with Gasteiger partial charge >= 0.3 is 5.69 Å². The van der Waals surface area contributed by atoms with E-state index in [9.17, 15) is 18.0 Å². The minimum Gasteiger partial charge on any atom is -0.327 e. The van der Waals surface area contributed by atoms with E-state index in [2.05, 4.69) is 5.10 Å². The molecular formula is C17H27F3N4O. The van der Waals surface area contributed by atoms with Crippen LogP contribution in [0.1, 0.15) is 27.7 Å². The molecule has 0 saturated carbocycles. The van der Waals surface area contributed by atoms with Gasteiger partial charge in [0.15, 0.2) is 0 Å². The molecule has 0 aliphatic carbocycles. The Morgan fingerprint density at radius 3 is 2.28 bits per heavy atom. The van der Waals surface area contributed by atoms with Crippen molar-refractivity contribution >= 4 is 5.70 Å². The molecule has 25 heavy (non-hydrogen) atoms. The zero-order valence-corrected chi connectivity index (χ0v) is 15.3. The normalized spacial score (nSPS) is 11.0. The molecule has 1 aromatic rings. The van der Waals surface area contributed by atoms with Crippen LogP contribution in [0.15, 0.2) is 53.2 Å². The van der Waals surface area contributed by atoms with Gasteiger partial charge < -0.3 is 5.73 Å². The van der Waals surface area contributed by atoms with Crippen LogP contribution in [0.5, 0.6) is 0 Å². The van der Waals surface area contributed by atoms with Gasteiger partial charge in [0.05, 0.1) is 19.4 Å². The third kappa shape index (κ3) is 8.35. The van der Waals surface area contributed by atoms with Crippen LogP contribution >= 0.6 is 0 Å². The van der Waals surface area contributed by atoms with Crippen LogP contribution in [0.25, 0.3) is 5.70 Å². The van der Waals surface area contributed by atoms with Gasteiger partial charge in [0.2, 0.25) is 0 Å². The third-order valence-corrected chi connectivity index (χ3v) is 2.66. The zero-order chi connectivity index (χ0) is 19.8. The molecule has 1 rings (SSSR count). The van der Waals surface area contributed by atoms with Gasteiger partial charge in [-0.2, -0.15) is 13.9 Å². The molecule has 0 radical (unpaired) electrons. The van der Waals surface area contributed by atoms with Gasteiger partial charge in [-0.15, -0.1) is 0 Å². The number of rotatable bonds is 6. The first-order chi connectivity index (χ1) is 12.0. The highest BCUT2D eigenvalue weighted by atomic mass is 19.3. The number of hydrogen-bond acceptors (Lipinski definition) is 3. The topological polar surface area (TPSA) is 65.8 Å². The lowest BCUT2D eigenvalue weighted by molar-refractivity contribution is 0.400. The van der Waals surface area contributed by atoms with E-state index in [4.69, 9.17) is 5.73 Å². The van der Waals surface area contributed by atoms with Crippen molar-refractivity contribution in [2.45, 2.75) is 34.2 Å². The van der Waals surface area contributed by atoms with Gasteiger partial charge in [0, 0.05) is 12.1 Å². The van der Waals surface area contributed by atoms with E-state index in [0.29, 0.717) is 12.9 Å². The van der Waals surface area contributed by atoms with Gasteiger partial charge in [-0.1, -0.05) is 32.1 Å². The summed E-state index contributed by atoms with van der Waals surface area (Å²) in [7, 11) is 0.500. The highest BCUT2D eigenvalue weighted by molar-refractivity contribution is 5.58. The minimum atomic E-state index is -1.88. The van der Waals surface area contributed by atoms with Crippen LogP contribution in [0.4, 0.5) is 13.2 Å². The molecule has 0 amide bonds. The lowest BCUT2D eigenvalue weighted by atomic mass is 10.3. The Morgan fingerprint density at radius 1 is 1.24 bits per heavy atom. The van der Waals surface area contributed by atoms with Crippen molar-refractivity contribution in [1.29, 1.82) is 0 Å². The number of aromatic nitrogens is 3. The molecule has 0 saturated heterocycles. The van der Waals surface area contributed by atoms with E-state index in [1.807, 2.05) is 33.8 Å². The van der Waals surface area contributed by atoms with E-state index in [-0.39, 0.29) is 18.7 Å². The summed E-state index contributed by atoms with van der Waals surface area (Å²) in [5.41, 5.74) is 5.00. The van der Waals surface area contributed by atoms with Crippen LogP contribution in [0, 0.1) is 0 Å². The highest BCUT2D eigenvalue weighted by Crippen LogP contribution is 2.08. The fourth-order valence-electron chi connectivity index (χ4n) is 1.59. The summed E-state index contributed by atoms with van der Waals surface area (Å²) >= 11 is 0. The average molecular weight is 360 g/mol. The van der Waals surface area contributed by atoms with E-state index in [1.165, 1.54) is 10.9 Å². The number of hydrogen-bond donors (Lipinski definition) is 1. The number of halogens is 3. The molecule has 142 valence electrons. The predicted octanol–water partition coefficient (Wildman–Crippen LogP) is 3.76. The Morgan fingerprint density at radius 2 is 1.84 bits per heavy atom. The molecule has 0 aliphatic heterocycles. The molecule has 0 aliphatic rings. The van der Waals surface area contributed by atoms with Crippen molar-refractivity contribution in [3.8, 4) is 0 Å². The monoisotopic (exact) mass is 360 g/mol. The number of alkyl halides is 1. The lowest BCUT2D eigenvalue weighted by Crippen LogP contribution is -2.26. The summed E-state index contributed by atoms with van der Waals surface area (Å²) in [5, 5.41) is 3.84. The maximum absolute atomic E-state index is 12.6.